The second-order valence-corrected chi connectivity index (χ2v) is 5.03. The van der Waals surface area contributed by atoms with E-state index in [-0.39, 0.29) is 12.5 Å². The standard InChI is InChI=1S/C15H21NO2/c1-11-6-7-12(2)15(13(11)3)18-10-14(17)16-8-4-5-9-16/h6-7H,4-5,8-10H2,1-3H3. The number of carbonyl (C=O) groups excluding carboxylic acids is 1. The molecule has 0 saturated carbocycles. The minimum absolute atomic E-state index is 0.104. The van der Waals surface area contributed by atoms with Gasteiger partial charge in [-0.15, -0.1) is 0 Å². The third-order valence-corrected chi connectivity index (χ3v) is 3.67. The van der Waals surface area contributed by atoms with Gasteiger partial charge in [0.25, 0.3) is 5.91 Å². The molecule has 98 valence electrons. The highest BCUT2D eigenvalue weighted by molar-refractivity contribution is 5.78. The highest BCUT2D eigenvalue weighted by atomic mass is 16.5. The summed E-state index contributed by atoms with van der Waals surface area (Å²) in [5, 5.41) is 0. The molecule has 18 heavy (non-hydrogen) atoms. The van der Waals surface area contributed by atoms with Gasteiger partial charge in [-0.3, -0.25) is 4.79 Å². The van der Waals surface area contributed by atoms with Crippen LogP contribution in [0.5, 0.6) is 5.75 Å². The lowest BCUT2D eigenvalue weighted by Gasteiger charge is -2.18. The van der Waals surface area contributed by atoms with Crippen LogP contribution in [0.25, 0.3) is 0 Å². The van der Waals surface area contributed by atoms with Gasteiger partial charge in [0.1, 0.15) is 5.75 Å². The lowest BCUT2D eigenvalue weighted by Crippen LogP contribution is -2.32. The first kappa shape index (κ1) is 12.9. The Morgan fingerprint density at radius 2 is 1.78 bits per heavy atom. The summed E-state index contributed by atoms with van der Waals surface area (Å²) in [6.45, 7) is 8.04. The minimum Gasteiger partial charge on any atom is -0.483 e. The SMILES string of the molecule is Cc1ccc(C)c(OCC(=O)N2CCCC2)c1C. The van der Waals surface area contributed by atoms with Crippen molar-refractivity contribution in [2.75, 3.05) is 19.7 Å². The molecule has 1 aliphatic rings. The van der Waals surface area contributed by atoms with E-state index in [2.05, 4.69) is 13.0 Å². The molecule has 1 amide bonds. The third-order valence-electron chi connectivity index (χ3n) is 3.67. The summed E-state index contributed by atoms with van der Waals surface area (Å²) in [5.74, 6) is 0.968. The van der Waals surface area contributed by atoms with Crippen molar-refractivity contribution in [2.45, 2.75) is 33.6 Å². The van der Waals surface area contributed by atoms with Crippen molar-refractivity contribution in [1.82, 2.24) is 4.90 Å². The monoisotopic (exact) mass is 247 g/mol. The molecule has 1 aliphatic heterocycles. The second-order valence-electron chi connectivity index (χ2n) is 5.03. The molecule has 2 rings (SSSR count). The van der Waals surface area contributed by atoms with Gasteiger partial charge in [0.15, 0.2) is 6.61 Å². The normalized spacial score (nSPS) is 14.9. The number of nitrogens with zero attached hydrogens (tertiary/aromatic N) is 1. The fraction of sp³-hybridized carbons (Fsp3) is 0.533. The molecule has 1 aromatic rings. The van der Waals surface area contributed by atoms with E-state index in [1.165, 1.54) is 5.56 Å². The topological polar surface area (TPSA) is 29.5 Å². The number of hydrogen-bond donors (Lipinski definition) is 0. The number of rotatable bonds is 3. The molecule has 0 bridgehead atoms. The van der Waals surface area contributed by atoms with Crippen LogP contribution in [-0.4, -0.2) is 30.5 Å². The van der Waals surface area contributed by atoms with Crippen LogP contribution in [0, 0.1) is 20.8 Å². The molecule has 1 heterocycles. The van der Waals surface area contributed by atoms with E-state index in [1.54, 1.807) is 0 Å². The first-order chi connectivity index (χ1) is 8.59. The van der Waals surface area contributed by atoms with E-state index >= 15 is 0 Å². The Morgan fingerprint density at radius 1 is 1.17 bits per heavy atom. The maximum Gasteiger partial charge on any atom is 0.260 e. The zero-order chi connectivity index (χ0) is 13.1. The Bertz CT molecular complexity index is 448. The molecule has 0 N–H and O–H groups in total. The van der Waals surface area contributed by atoms with Crippen LogP contribution in [0.15, 0.2) is 12.1 Å². The first-order valence-electron chi connectivity index (χ1n) is 6.57. The molecule has 1 fully saturated rings. The van der Waals surface area contributed by atoms with E-state index in [9.17, 15) is 4.79 Å². The van der Waals surface area contributed by atoms with E-state index in [1.807, 2.05) is 24.8 Å². The average Bonchev–Trinajstić information content (AvgIpc) is 2.87. The summed E-state index contributed by atoms with van der Waals surface area (Å²) < 4.78 is 5.73. The number of hydrogen-bond acceptors (Lipinski definition) is 2. The molecular weight excluding hydrogens is 226 g/mol. The van der Waals surface area contributed by atoms with Crippen LogP contribution >= 0.6 is 0 Å². The van der Waals surface area contributed by atoms with E-state index in [0.717, 1.165) is 42.8 Å². The highest BCUT2D eigenvalue weighted by Crippen LogP contribution is 2.25. The smallest absolute Gasteiger partial charge is 0.260 e. The summed E-state index contributed by atoms with van der Waals surface area (Å²) in [5.41, 5.74) is 3.42. The Hall–Kier alpha value is -1.51. The molecule has 0 aromatic heterocycles. The van der Waals surface area contributed by atoms with Crippen molar-refractivity contribution in [3.8, 4) is 5.75 Å². The Morgan fingerprint density at radius 3 is 2.44 bits per heavy atom. The van der Waals surface area contributed by atoms with Gasteiger partial charge in [0.05, 0.1) is 0 Å². The molecule has 3 nitrogen and oxygen atoms in total. The predicted molar refractivity (Wildman–Crippen MR) is 72.0 cm³/mol. The van der Waals surface area contributed by atoms with Crippen LogP contribution in [0.3, 0.4) is 0 Å². The van der Waals surface area contributed by atoms with Gasteiger partial charge in [0.2, 0.25) is 0 Å². The van der Waals surface area contributed by atoms with Crippen LogP contribution in [0.4, 0.5) is 0 Å². The largest absolute Gasteiger partial charge is 0.483 e. The number of likely N-dealkylation sites (tertiary alicyclic amines) is 1. The van der Waals surface area contributed by atoms with Crippen molar-refractivity contribution < 1.29 is 9.53 Å². The predicted octanol–water partition coefficient (Wildman–Crippen LogP) is 2.61. The molecule has 1 saturated heterocycles. The van der Waals surface area contributed by atoms with Crippen LogP contribution < -0.4 is 4.74 Å². The molecule has 0 atom stereocenters. The molecule has 3 heteroatoms. The lowest BCUT2D eigenvalue weighted by molar-refractivity contribution is -0.132. The number of carbonyl (C=O) groups is 1. The Kier molecular flexibility index (Phi) is 3.90. The number of amides is 1. The summed E-state index contributed by atoms with van der Waals surface area (Å²) in [6, 6.07) is 4.12. The van der Waals surface area contributed by atoms with Gasteiger partial charge in [0, 0.05) is 13.1 Å². The quantitative estimate of drug-likeness (QED) is 0.821. The average molecular weight is 247 g/mol. The van der Waals surface area contributed by atoms with Crippen LogP contribution in [-0.2, 0) is 4.79 Å². The molecule has 0 unspecified atom stereocenters. The Labute approximate surface area is 109 Å². The van der Waals surface area contributed by atoms with Gasteiger partial charge in [-0.2, -0.15) is 0 Å². The van der Waals surface area contributed by atoms with E-state index in [0.29, 0.717) is 0 Å². The van der Waals surface area contributed by atoms with E-state index in [4.69, 9.17) is 4.74 Å². The zero-order valence-corrected chi connectivity index (χ0v) is 11.5. The molecule has 0 radical (unpaired) electrons. The van der Waals surface area contributed by atoms with Crippen LogP contribution in [0.2, 0.25) is 0 Å². The summed E-state index contributed by atoms with van der Waals surface area (Å²) in [4.78, 5) is 13.8. The summed E-state index contributed by atoms with van der Waals surface area (Å²) in [6.07, 6.45) is 2.24. The van der Waals surface area contributed by atoms with E-state index < -0.39 is 0 Å². The summed E-state index contributed by atoms with van der Waals surface area (Å²) >= 11 is 0. The fourth-order valence-corrected chi connectivity index (χ4v) is 2.34. The molecule has 0 spiro atoms. The number of aryl methyl sites for hydroxylation is 2. The molecule has 0 aliphatic carbocycles. The minimum atomic E-state index is 0.104. The van der Waals surface area contributed by atoms with Gasteiger partial charge >= 0.3 is 0 Å². The Balaban J connectivity index is 2.01. The number of ether oxygens (including phenoxy) is 1. The maximum atomic E-state index is 11.9. The van der Waals surface area contributed by atoms with Crippen molar-refractivity contribution >= 4 is 5.91 Å². The second kappa shape index (κ2) is 5.42. The first-order valence-corrected chi connectivity index (χ1v) is 6.57. The van der Waals surface area contributed by atoms with Crippen molar-refractivity contribution in [3.63, 3.8) is 0 Å². The maximum absolute atomic E-state index is 11.9. The number of benzene rings is 1. The van der Waals surface area contributed by atoms with Gasteiger partial charge in [-0.1, -0.05) is 12.1 Å². The molecular formula is C15H21NO2. The van der Waals surface area contributed by atoms with Crippen LogP contribution in [0.1, 0.15) is 29.5 Å². The van der Waals surface area contributed by atoms with Crippen molar-refractivity contribution in [2.24, 2.45) is 0 Å². The highest BCUT2D eigenvalue weighted by Gasteiger charge is 2.18. The van der Waals surface area contributed by atoms with Gasteiger partial charge in [-0.25, -0.2) is 0 Å². The molecule has 1 aromatic carbocycles. The van der Waals surface area contributed by atoms with Crippen molar-refractivity contribution in [1.29, 1.82) is 0 Å². The van der Waals surface area contributed by atoms with Gasteiger partial charge in [-0.05, 0) is 50.3 Å². The fourth-order valence-electron chi connectivity index (χ4n) is 2.34. The van der Waals surface area contributed by atoms with Crippen molar-refractivity contribution in [3.05, 3.63) is 28.8 Å². The van der Waals surface area contributed by atoms with Gasteiger partial charge < -0.3 is 9.64 Å². The summed E-state index contributed by atoms with van der Waals surface area (Å²) in [7, 11) is 0. The lowest BCUT2D eigenvalue weighted by atomic mass is 10.1. The zero-order valence-electron chi connectivity index (χ0n) is 11.5. The third kappa shape index (κ3) is 2.66.